The van der Waals surface area contributed by atoms with Crippen LogP contribution in [0.15, 0.2) is 33.2 Å². The molecule has 0 aliphatic heterocycles. The van der Waals surface area contributed by atoms with Gasteiger partial charge in [0.25, 0.3) is 0 Å². The van der Waals surface area contributed by atoms with Crippen molar-refractivity contribution in [1.29, 1.82) is 0 Å². The Kier molecular flexibility index (Phi) is 6.80. The molecule has 0 saturated carbocycles. The molecule has 0 radical (unpaired) electrons. The highest BCUT2D eigenvalue weighted by atomic mass is 79.9. The average Bonchev–Trinajstić information content (AvgIpc) is 2.91. The lowest BCUT2D eigenvalue weighted by molar-refractivity contribution is -0.121. The van der Waals surface area contributed by atoms with E-state index in [2.05, 4.69) is 31.5 Å². The van der Waals surface area contributed by atoms with Gasteiger partial charge in [0, 0.05) is 29.4 Å². The van der Waals surface area contributed by atoms with Crippen LogP contribution in [-0.4, -0.2) is 31.0 Å². The Hall–Kier alpha value is -1.66. The van der Waals surface area contributed by atoms with E-state index < -0.39 is 0 Å². The number of nitrogens with one attached hydrogen (secondary N) is 2. The predicted octanol–water partition coefficient (Wildman–Crippen LogP) is 3.07. The molecule has 124 valence electrons. The maximum atomic E-state index is 11.8. The van der Waals surface area contributed by atoms with Crippen molar-refractivity contribution in [2.24, 2.45) is 0 Å². The molecule has 1 amide bonds. The molecule has 1 aromatic carbocycles. The number of rotatable bonds is 8. The minimum Gasteiger partial charge on any atom is -0.440 e. The van der Waals surface area contributed by atoms with Gasteiger partial charge in [-0.2, -0.15) is 0 Å². The van der Waals surface area contributed by atoms with Crippen LogP contribution in [0.5, 0.6) is 0 Å². The Morgan fingerprint density at radius 1 is 1.26 bits per heavy atom. The summed E-state index contributed by atoms with van der Waals surface area (Å²) in [6.45, 7) is 3.51. The molecule has 0 aliphatic carbocycles. The lowest BCUT2D eigenvalue weighted by atomic mass is 10.1. The third-order valence-electron chi connectivity index (χ3n) is 3.44. The predicted molar refractivity (Wildman–Crippen MR) is 94.3 cm³/mol. The second-order valence-electron chi connectivity index (χ2n) is 5.34. The average molecular weight is 380 g/mol. The number of aromatic nitrogens is 1. The first-order chi connectivity index (χ1) is 11.1. The molecule has 1 aromatic heterocycles. The van der Waals surface area contributed by atoms with Crippen LogP contribution in [0.4, 0.5) is 0 Å². The summed E-state index contributed by atoms with van der Waals surface area (Å²) in [6.07, 6.45) is 1.82. The maximum Gasteiger partial charge on any atom is 0.220 e. The number of benzene rings is 1. The molecule has 0 unspecified atom stereocenters. The van der Waals surface area contributed by atoms with Crippen molar-refractivity contribution in [1.82, 2.24) is 15.6 Å². The molecule has 6 heteroatoms. The summed E-state index contributed by atoms with van der Waals surface area (Å²) < 4.78 is 6.84. The van der Waals surface area contributed by atoms with Crippen LogP contribution in [0, 0.1) is 6.92 Å². The molecular formula is C17H22BrN3O2. The summed E-state index contributed by atoms with van der Waals surface area (Å²) in [7, 11) is 1.90. The van der Waals surface area contributed by atoms with Crippen molar-refractivity contribution in [3.8, 4) is 11.3 Å². The number of hydrogen-bond acceptors (Lipinski definition) is 4. The van der Waals surface area contributed by atoms with Gasteiger partial charge in [0.05, 0.1) is 5.69 Å². The number of oxazole rings is 1. The van der Waals surface area contributed by atoms with E-state index in [0.29, 0.717) is 25.3 Å². The molecule has 5 nitrogen and oxygen atoms in total. The van der Waals surface area contributed by atoms with Crippen LogP contribution < -0.4 is 10.6 Å². The quantitative estimate of drug-likeness (QED) is 0.691. The minimum absolute atomic E-state index is 0.0298. The monoisotopic (exact) mass is 379 g/mol. The van der Waals surface area contributed by atoms with Gasteiger partial charge in [-0.1, -0.05) is 28.1 Å². The second-order valence-corrected chi connectivity index (χ2v) is 6.25. The fourth-order valence-electron chi connectivity index (χ4n) is 2.23. The number of amides is 1. The Balaban J connectivity index is 1.88. The second kappa shape index (κ2) is 8.84. The van der Waals surface area contributed by atoms with E-state index in [-0.39, 0.29) is 5.91 Å². The van der Waals surface area contributed by atoms with Crippen LogP contribution in [0.1, 0.15) is 24.4 Å². The molecule has 2 rings (SSSR count). The van der Waals surface area contributed by atoms with Crippen molar-refractivity contribution >= 4 is 21.8 Å². The van der Waals surface area contributed by atoms with Gasteiger partial charge in [-0.3, -0.25) is 4.79 Å². The van der Waals surface area contributed by atoms with E-state index in [1.54, 1.807) is 0 Å². The first-order valence-electron chi connectivity index (χ1n) is 7.73. The number of halogens is 1. The molecule has 0 saturated heterocycles. The smallest absolute Gasteiger partial charge is 0.220 e. The van der Waals surface area contributed by atoms with Gasteiger partial charge >= 0.3 is 0 Å². The number of aryl methyl sites for hydroxylation is 2. The lowest BCUT2D eigenvalue weighted by Gasteiger charge is -2.03. The van der Waals surface area contributed by atoms with Crippen molar-refractivity contribution < 1.29 is 9.21 Å². The Morgan fingerprint density at radius 3 is 2.70 bits per heavy atom. The van der Waals surface area contributed by atoms with Crippen molar-refractivity contribution in [3.63, 3.8) is 0 Å². The molecule has 0 fully saturated rings. The molecule has 0 bridgehead atoms. The highest BCUT2D eigenvalue weighted by molar-refractivity contribution is 9.10. The molecule has 2 aromatic rings. The van der Waals surface area contributed by atoms with E-state index in [0.717, 1.165) is 34.5 Å². The molecule has 2 N–H and O–H groups in total. The van der Waals surface area contributed by atoms with E-state index in [9.17, 15) is 4.79 Å². The van der Waals surface area contributed by atoms with Crippen molar-refractivity contribution in [2.75, 3.05) is 20.1 Å². The topological polar surface area (TPSA) is 67.2 Å². The SMILES string of the molecule is CNCCCNC(=O)CCc1nc(C)c(-c2ccc(Br)cc2)o1. The third-order valence-corrected chi connectivity index (χ3v) is 3.97. The highest BCUT2D eigenvalue weighted by Gasteiger charge is 2.13. The third kappa shape index (κ3) is 5.48. The van der Waals surface area contributed by atoms with Crippen LogP contribution >= 0.6 is 15.9 Å². The Morgan fingerprint density at radius 2 is 2.00 bits per heavy atom. The molecule has 23 heavy (non-hydrogen) atoms. The number of hydrogen-bond donors (Lipinski definition) is 2. The van der Waals surface area contributed by atoms with Gasteiger partial charge in [0.15, 0.2) is 11.7 Å². The summed E-state index contributed by atoms with van der Waals surface area (Å²) in [4.78, 5) is 16.2. The zero-order valence-electron chi connectivity index (χ0n) is 13.5. The largest absolute Gasteiger partial charge is 0.440 e. The van der Waals surface area contributed by atoms with Crippen LogP contribution in [0.2, 0.25) is 0 Å². The van der Waals surface area contributed by atoms with Gasteiger partial charge in [0.1, 0.15) is 0 Å². The summed E-state index contributed by atoms with van der Waals surface area (Å²) in [5, 5.41) is 5.94. The normalized spacial score (nSPS) is 10.7. The molecule has 0 atom stereocenters. The first-order valence-corrected chi connectivity index (χ1v) is 8.53. The number of nitrogens with zero attached hydrogens (tertiary/aromatic N) is 1. The maximum absolute atomic E-state index is 11.8. The Labute approximate surface area is 145 Å². The van der Waals surface area contributed by atoms with E-state index in [1.807, 2.05) is 38.2 Å². The van der Waals surface area contributed by atoms with Gasteiger partial charge in [0.2, 0.25) is 5.91 Å². The van der Waals surface area contributed by atoms with Crippen LogP contribution in [0.3, 0.4) is 0 Å². The zero-order valence-corrected chi connectivity index (χ0v) is 15.1. The molecular weight excluding hydrogens is 358 g/mol. The number of carbonyl (C=O) groups excluding carboxylic acids is 1. The molecule has 1 heterocycles. The highest BCUT2D eigenvalue weighted by Crippen LogP contribution is 2.26. The van der Waals surface area contributed by atoms with Gasteiger partial charge < -0.3 is 15.1 Å². The zero-order chi connectivity index (χ0) is 16.7. The van der Waals surface area contributed by atoms with E-state index in [1.165, 1.54) is 0 Å². The summed E-state index contributed by atoms with van der Waals surface area (Å²) >= 11 is 3.42. The fraction of sp³-hybridized carbons (Fsp3) is 0.412. The summed E-state index contributed by atoms with van der Waals surface area (Å²) in [5.74, 6) is 1.40. The van der Waals surface area contributed by atoms with E-state index in [4.69, 9.17) is 4.42 Å². The summed E-state index contributed by atoms with van der Waals surface area (Å²) in [6, 6.07) is 7.90. The summed E-state index contributed by atoms with van der Waals surface area (Å²) in [5.41, 5.74) is 1.83. The van der Waals surface area contributed by atoms with Crippen LogP contribution in [0.25, 0.3) is 11.3 Å². The Bertz CT molecular complexity index is 638. The van der Waals surface area contributed by atoms with Gasteiger partial charge in [-0.05, 0) is 39.1 Å². The molecule has 0 aliphatic rings. The fourth-order valence-corrected chi connectivity index (χ4v) is 2.49. The lowest BCUT2D eigenvalue weighted by Crippen LogP contribution is -2.26. The molecule has 0 spiro atoms. The van der Waals surface area contributed by atoms with Crippen molar-refractivity contribution in [3.05, 3.63) is 40.3 Å². The van der Waals surface area contributed by atoms with E-state index >= 15 is 0 Å². The standard InChI is InChI=1S/C17H22BrN3O2/c1-12-17(13-4-6-14(18)7-5-13)23-16(21-12)9-8-15(22)20-11-3-10-19-2/h4-7,19H,3,8-11H2,1-2H3,(H,20,22). The number of carbonyl (C=O) groups is 1. The van der Waals surface area contributed by atoms with Gasteiger partial charge in [-0.25, -0.2) is 4.98 Å². The first kappa shape index (κ1) is 17.7. The van der Waals surface area contributed by atoms with Crippen LogP contribution in [-0.2, 0) is 11.2 Å². The van der Waals surface area contributed by atoms with Crippen molar-refractivity contribution in [2.45, 2.75) is 26.2 Å². The van der Waals surface area contributed by atoms with Gasteiger partial charge in [-0.15, -0.1) is 0 Å². The minimum atomic E-state index is 0.0298.